The van der Waals surface area contributed by atoms with Crippen LogP contribution in [0, 0.1) is 18.6 Å². The average molecular weight is 266 g/mol. The molecule has 4 nitrogen and oxygen atoms in total. The second kappa shape index (κ2) is 4.79. The molecule has 1 amide bonds. The Morgan fingerprint density at radius 1 is 1.37 bits per heavy atom. The van der Waals surface area contributed by atoms with Gasteiger partial charge in [-0.3, -0.25) is 9.59 Å². The van der Waals surface area contributed by atoms with Crippen molar-refractivity contribution in [1.82, 2.24) is 4.98 Å². The lowest BCUT2D eigenvalue weighted by molar-refractivity contribution is -0.115. The van der Waals surface area contributed by atoms with Crippen LogP contribution in [0.15, 0.2) is 16.9 Å². The molecule has 0 spiro atoms. The molecule has 2 aromatic rings. The van der Waals surface area contributed by atoms with Gasteiger partial charge >= 0.3 is 0 Å². The minimum atomic E-state index is -1.04. The van der Waals surface area contributed by atoms with Crippen molar-refractivity contribution in [3.63, 3.8) is 0 Å². The number of H-pyrrole nitrogens is 1. The SMILES string of the molecule is CCC(=O)Nc1c(C)c2c(F)c(F)ccc2[nH]c1=O. The Balaban J connectivity index is 2.76. The van der Waals surface area contributed by atoms with Crippen molar-refractivity contribution >= 4 is 22.5 Å². The van der Waals surface area contributed by atoms with Crippen molar-refractivity contribution < 1.29 is 13.6 Å². The molecule has 100 valence electrons. The number of hydrogen-bond acceptors (Lipinski definition) is 2. The molecule has 1 aromatic carbocycles. The van der Waals surface area contributed by atoms with E-state index in [4.69, 9.17) is 0 Å². The normalized spacial score (nSPS) is 10.7. The van der Waals surface area contributed by atoms with Gasteiger partial charge in [0.2, 0.25) is 5.91 Å². The molecular formula is C13H12F2N2O2. The van der Waals surface area contributed by atoms with Crippen LogP contribution in [0.2, 0.25) is 0 Å². The second-order valence-electron chi connectivity index (χ2n) is 4.14. The number of amides is 1. The zero-order valence-corrected chi connectivity index (χ0v) is 10.4. The Hall–Kier alpha value is -2.24. The molecule has 0 aliphatic carbocycles. The van der Waals surface area contributed by atoms with Crippen molar-refractivity contribution in [2.75, 3.05) is 5.32 Å². The lowest BCUT2D eigenvalue weighted by Gasteiger charge is -2.10. The highest BCUT2D eigenvalue weighted by Gasteiger charge is 2.16. The third-order valence-corrected chi connectivity index (χ3v) is 2.91. The van der Waals surface area contributed by atoms with Crippen LogP contribution in [-0.2, 0) is 4.79 Å². The first-order valence-electron chi connectivity index (χ1n) is 5.76. The maximum Gasteiger partial charge on any atom is 0.272 e. The average Bonchev–Trinajstić information content (AvgIpc) is 2.38. The number of carbonyl (C=O) groups is 1. The smallest absolute Gasteiger partial charge is 0.272 e. The van der Waals surface area contributed by atoms with Gasteiger partial charge in [0.25, 0.3) is 5.56 Å². The molecule has 1 aromatic heterocycles. The van der Waals surface area contributed by atoms with E-state index in [0.717, 1.165) is 6.07 Å². The molecule has 0 saturated heterocycles. The molecule has 6 heteroatoms. The second-order valence-corrected chi connectivity index (χ2v) is 4.14. The molecule has 0 saturated carbocycles. The van der Waals surface area contributed by atoms with Gasteiger partial charge in [-0.15, -0.1) is 0 Å². The minimum Gasteiger partial charge on any atom is -0.321 e. The number of fused-ring (bicyclic) bond motifs is 1. The molecule has 0 radical (unpaired) electrons. The summed E-state index contributed by atoms with van der Waals surface area (Å²) >= 11 is 0. The van der Waals surface area contributed by atoms with E-state index in [9.17, 15) is 18.4 Å². The molecule has 0 atom stereocenters. The van der Waals surface area contributed by atoms with Crippen molar-refractivity contribution in [2.45, 2.75) is 20.3 Å². The number of aryl methyl sites for hydroxylation is 1. The predicted molar refractivity (Wildman–Crippen MR) is 68.1 cm³/mol. The Bertz CT molecular complexity index is 723. The highest BCUT2D eigenvalue weighted by molar-refractivity contribution is 5.95. The van der Waals surface area contributed by atoms with Crippen molar-refractivity contribution in [1.29, 1.82) is 0 Å². The van der Waals surface area contributed by atoms with Gasteiger partial charge in [-0.1, -0.05) is 6.92 Å². The van der Waals surface area contributed by atoms with Crippen molar-refractivity contribution in [2.24, 2.45) is 0 Å². The molecule has 0 aliphatic heterocycles. The summed E-state index contributed by atoms with van der Waals surface area (Å²) in [5, 5.41) is 2.36. The summed E-state index contributed by atoms with van der Waals surface area (Å²) in [7, 11) is 0. The van der Waals surface area contributed by atoms with Crippen LogP contribution in [0.5, 0.6) is 0 Å². The topological polar surface area (TPSA) is 62.0 Å². The van der Waals surface area contributed by atoms with E-state index in [1.165, 1.54) is 13.0 Å². The van der Waals surface area contributed by atoms with E-state index in [0.29, 0.717) is 0 Å². The van der Waals surface area contributed by atoms with Crippen molar-refractivity contribution in [3.8, 4) is 0 Å². The number of rotatable bonds is 2. The number of nitrogens with one attached hydrogen (secondary N) is 2. The molecule has 19 heavy (non-hydrogen) atoms. The number of aromatic amines is 1. The molecule has 1 heterocycles. The largest absolute Gasteiger partial charge is 0.321 e. The fraction of sp³-hybridized carbons (Fsp3) is 0.231. The zero-order chi connectivity index (χ0) is 14.2. The molecule has 2 rings (SSSR count). The van der Waals surface area contributed by atoms with Gasteiger partial charge in [-0.2, -0.15) is 0 Å². The molecule has 0 bridgehead atoms. The van der Waals surface area contributed by atoms with Gasteiger partial charge in [0.15, 0.2) is 11.6 Å². The van der Waals surface area contributed by atoms with Crippen LogP contribution in [0.4, 0.5) is 14.5 Å². The third-order valence-electron chi connectivity index (χ3n) is 2.91. The summed E-state index contributed by atoms with van der Waals surface area (Å²) in [6.45, 7) is 3.09. The highest BCUT2D eigenvalue weighted by Crippen LogP contribution is 2.25. The van der Waals surface area contributed by atoms with Gasteiger partial charge in [0.05, 0.1) is 5.52 Å². The van der Waals surface area contributed by atoms with Gasteiger partial charge in [0.1, 0.15) is 5.69 Å². The first kappa shape index (κ1) is 13.2. The Morgan fingerprint density at radius 2 is 2.05 bits per heavy atom. The molecule has 0 aliphatic rings. The quantitative estimate of drug-likeness (QED) is 0.877. The minimum absolute atomic E-state index is 0.0361. The van der Waals surface area contributed by atoms with Crippen molar-refractivity contribution in [3.05, 3.63) is 39.7 Å². The summed E-state index contributed by atoms with van der Waals surface area (Å²) in [5.41, 5.74) is -0.199. The summed E-state index contributed by atoms with van der Waals surface area (Å²) in [6.07, 6.45) is 0.183. The molecule has 0 fully saturated rings. The number of pyridine rings is 1. The Labute approximate surface area is 107 Å². The number of benzene rings is 1. The van der Waals surface area contributed by atoms with Gasteiger partial charge < -0.3 is 10.3 Å². The van der Waals surface area contributed by atoms with Crippen LogP contribution < -0.4 is 10.9 Å². The van der Waals surface area contributed by atoms with E-state index in [1.54, 1.807) is 6.92 Å². The lowest BCUT2D eigenvalue weighted by atomic mass is 10.1. The molecular weight excluding hydrogens is 254 g/mol. The fourth-order valence-corrected chi connectivity index (χ4v) is 1.88. The van der Waals surface area contributed by atoms with E-state index in [-0.39, 0.29) is 34.5 Å². The number of halogens is 2. The predicted octanol–water partition coefficient (Wildman–Crippen LogP) is 2.46. The van der Waals surface area contributed by atoms with E-state index < -0.39 is 17.2 Å². The number of carbonyl (C=O) groups excluding carboxylic acids is 1. The maximum atomic E-state index is 13.8. The first-order valence-corrected chi connectivity index (χ1v) is 5.76. The third kappa shape index (κ3) is 2.21. The first-order chi connectivity index (χ1) is 8.95. The standard InChI is InChI=1S/C13H12F2N2O2/c1-3-9(18)17-12-6(2)10-8(16-13(12)19)5-4-7(14)11(10)15/h4-5H,3H2,1-2H3,(H,16,19)(H,17,18). The Morgan fingerprint density at radius 3 is 2.68 bits per heavy atom. The monoisotopic (exact) mass is 266 g/mol. The van der Waals surface area contributed by atoms with Gasteiger partial charge in [0, 0.05) is 11.8 Å². The van der Waals surface area contributed by atoms with Crippen LogP contribution >= 0.6 is 0 Å². The Kier molecular flexibility index (Phi) is 3.33. The zero-order valence-electron chi connectivity index (χ0n) is 10.4. The summed E-state index contributed by atoms with van der Waals surface area (Å²) in [5.74, 6) is -2.42. The molecule has 2 N–H and O–H groups in total. The summed E-state index contributed by atoms with van der Waals surface area (Å²) in [6, 6.07) is 2.23. The van der Waals surface area contributed by atoms with Crippen LogP contribution in [0.3, 0.4) is 0 Å². The van der Waals surface area contributed by atoms with Crippen LogP contribution in [0.1, 0.15) is 18.9 Å². The lowest BCUT2D eigenvalue weighted by Crippen LogP contribution is -2.20. The van der Waals surface area contributed by atoms with Gasteiger partial charge in [-0.05, 0) is 24.6 Å². The fourth-order valence-electron chi connectivity index (χ4n) is 1.88. The highest BCUT2D eigenvalue weighted by atomic mass is 19.2. The van der Waals surface area contributed by atoms with Crippen LogP contribution in [0.25, 0.3) is 10.9 Å². The maximum absolute atomic E-state index is 13.8. The number of hydrogen-bond donors (Lipinski definition) is 2. The number of aromatic nitrogens is 1. The number of anilines is 1. The van der Waals surface area contributed by atoms with Gasteiger partial charge in [-0.25, -0.2) is 8.78 Å². The van der Waals surface area contributed by atoms with E-state index in [1.807, 2.05) is 0 Å². The summed E-state index contributed by atoms with van der Waals surface area (Å²) in [4.78, 5) is 25.6. The van der Waals surface area contributed by atoms with E-state index in [2.05, 4.69) is 10.3 Å². The van der Waals surface area contributed by atoms with E-state index >= 15 is 0 Å². The molecule has 0 unspecified atom stereocenters. The summed E-state index contributed by atoms with van der Waals surface area (Å²) < 4.78 is 27.0. The van der Waals surface area contributed by atoms with Crippen LogP contribution in [-0.4, -0.2) is 10.9 Å².